The van der Waals surface area contributed by atoms with Crippen molar-refractivity contribution in [2.75, 3.05) is 0 Å². The van der Waals surface area contributed by atoms with E-state index in [4.69, 9.17) is 0 Å². The molecule has 0 bridgehead atoms. The second-order valence-electron chi connectivity index (χ2n) is 6.59. The molecule has 0 radical (unpaired) electrons. The smallest absolute Gasteiger partial charge is 0.421 e. The molecule has 0 aromatic heterocycles. The first-order chi connectivity index (χ1) is 13.4. The van der Waals surface area contributed by atoms with Crippen LogP contribution in [0.15, 0.2) is 42.5 Å². The quantitative estimate of drug-likeness (QED) is 0.561. The molecule has 0 aliphatic carbocycles. The molecule has 2 rings (SSSR count). The number of benzene rings is 2. The van der Waals surface area contributed by atoms with Crippen LogP contribution in [0.3, 0.4) is 0 Å². The summed E-state index contributed by atoms with van der Waals surface area (Å²) in [4.78, 5) is 0. The van der Waals surface area contributed by atoms with Crippen LogP contribution in [0.2, 0.25) is 0 Å². The van der Waals surface area contributed by atoms with Gasteiger partial charge in [-0.3, -0.25) is 0 Å². The molecule has 0 aliphatic heterocycles. The van der Waals surface area contributed by atoms with E-state index in [1.54, 1.807) is 0 Å². The fourth-order valence-electron chi connectivity index (χ4n) is 3.01. The van der Waals surface area contributed by atoms with Gasteiger partial charge in [-0.05, 0) is 42.3 Å². The standard InChI is InChI=1S/C18H13F9O3/c1-14(30,16(19,20)21)12-8-10(4-7-13(12)29)15(17(22,23)24,18(25,26)27)9-2-5-11(28)6-3-9/h2-8,28-30H,1H3. The van der Waals surface area contributed by atoms with Crippen molar-refractivity contribution in [3.05, 3.63) is 59.2 Å². The van der Waals surface area contributed by atoms with E-state index in [1.807, 2.05) is 0 Å². The Morgan fingerprint density at radius 3 is 1.47 bits per heavy atom. The first-order valence-electron chi connectivity index (χ1n) is 7.93. The highest BCUT2D eigenvalue weighted by molar-refractivity contribution is 5.50. The molecule has 0 saturated carbocycles. The lowest BCUT2D eigenvalue weighted by Gasteiger charge is -2.39. The fourth-order valence-corrected chi connectivity index (χ4v) is 3.01. The number of aromatic hydroxyl groups is 2. The summed E-state index contributed by atoms with van der Waals surface area (Å²) in [5, 5.41) is 28.6. The monoisotopic (exact) mass is 448 g/mol. The van der Waals surface area contributed by atoms with Crippen LogP contribution in [0, 0.1) is 0 Å². The molecule has 12 heteroatoms. The van der Waals surface area contributed by atoms with Gasteiger partial charge in [-0.1, -0.05) is 18.2 Å². The molecule has 2 aromatic carbocycles. The third kappa shape index (κ3) is 3.53. The lowest BCUT2D eigenvalue weighted by molar-refractivity contribution is -0.288. The van der Waals surface area contributed by atoms with Gasteiger partial charge < -0.3 is 15.3 Å². The van der Waals surface area contributed by atoms with Crippen molar-refractivity contribution in [3.63, 3.8) is 0 Å². The highest BCUT2D eigenvalue weighted by Crippen LogP contribution is 2.57. The lowest BCUT2D eigenvalue weighted by Crippen LogP contribution is -2.55. The van der Waals surface area contributed by atoms with Gasteiger partial charge in [0.25, 0.3) is 0 Å². The number of phenolic OH excluding ortho intramolecular Hbond substituents is 2. The molecule has 2 aromatic rings. The van der Waals surface area contributed by atoms with Crippen molar-refractivity contribution < 1.29 is 54.8 Å². The molecule has 1 unspecified atom stereocenters. The highest BCUT2D eigenvalue weighted by atomic mass is 19.4. The van der Waals surface area contributed by atoms with Gasteiger partial charge in [-0.25, -0.2) is 0 Å². The van der Waals surface area contributed by atoms with Crippen LogP contribution in [-0.2, 0) is 11.0 Å². The van der Waals surface area contributed by atoms with Crippen LogP contribution < -0.4 is 0 Å². The Morgan fingerprint density at radius 2 is 1.07 bits per heavy atom. The SMILES string of the molecule is CC(O)(c1cc(C(c2ccc(O)cc2)(C(F)(F)F)C(F)(F)F)ccc1O)C(F)(F)F. The van der Waals surface area contributed by atoms with Gasteiger partial charge in [0.05, 0.1) is 0 Å². The number of hydrogen-bond acceptors (Lipinski definition) is 3. The molecule has 30 heavy (non-hydrogen) atoms. The van der Waals surface area contributed by atoms with E-state index in [0.717, 1.165) is 0 Å². The minimum absolute atomic E-state index is 0.0786. The normalized spacial score (nSPS) is 15.7. The Labute approximate surface area is 163 Å². The molecule has 166 valence electrons. The van der Waals surface area contributed by atoms with Crippen molar-refractivity contribution in [2.24, 2.45) is 0 Å². The summed E-state index contributed by atoms with van der Waals surface area (Å²) in [5.41, 5.74) is -13.5. The summed E-state index contributed by atoms with van der Waals surface area (Å²) >= 11 is 0. The van der Waals surface area contributed by atoms with Gasteiger partial charge in [0.2, 0.25) is 5.41 Å². The number of hydrogen-bond donors (Lipinski definition) is 3. The van der Waals surface area contributed by atoms with Gasteiger partial charge in [0, 0.05) is 5.56 Å². The van der Waals surface area contributed by atoms with Crippen molar-refractivity contribution in [2.45, 2.75) is 36.5 Å². The van der Waals surface area contributed by atoms with Crippen LogP contribution >= 0.6 is 0 Å². The molecular weight excluding hydrogens is 435 g/mol. The van der Waals surface area contributed by atoms with Gasteiger partial charge in [-0.2, -0.15) is 39.5 Å². The first-order valence-corrected chi connectivity index (χ1v) is 7.93. The maximum atomic E-state index is 14.0. The number of rotatable bonds is 3. The van der Waals surface area contributed by atoms with E-state index in [2.05, 4.69) is 0 Å². The average Bonchev–Trinajstić information content (AvgIpc) is 2.54. The average molecular weight is 448 g/mol. The van der Waals surface area contributed by atoms with Crippen molar-refractivity contribution in [1.29, 1.82) is 0 Å². The maximum absolute atomic E-state index is 14.0. The third-order valence-corrected chi connectivity index (χ3v) is 4.66. The van der Waals surface area contributed by atoms with Crippen LogP contribution in [0.4, 0.5) is 39.5 Å². The van der Waals surface area contributed by atoms with E-state index in [9.17, 15) is 54.8 Å². The van der Waals surface area contributed by atoms with E-state index in [-0.39, 0.29) is 25.1 Å². The molecular formula is C18H13F9O3. The zero-order chi connectivity index (χ0) is 23.3. The van der Waals surface area contributed by atoms with E-state index >= 15 is 0 Å². The largest absolute Gasteiger partial charge is 0.508 e. The van der Waals surface area contributed by atoms with Crippen molar-refractivity contribution in [3.8, 4) is 11.5 Å². The molecule has 0 fully saturated rings. The second-order valence-corrected chi connectivity index (χ2v) is 6.59. The molecule has 0 spiro atoms. The van der Waals surface area contributed by atoms with E-state index in [1.165, 1.54) is 0 Å². The number of aliphatic hydroxyl groups is 1. The Morgan fingerprint density at radius 1 is 0.633 bits per heavy atom. The lowest BCUT2D eigenvalue weighted by atomic mass is 9.72. The predicted molar refractivity (Wildman–Crippen MR) is 84.7 cm³/mol. The van der Waals surface area contributed by atoms with E-state index < -0.39 is 57.7 Å². The predicted octanol–water partition coefficient (Wildman–Crippen LogP) is 5.28. The van der Waals surface area contributed by atoms with Crippen molar-refractivity contribution in [1.82, 2.24) is 0 Å². The summed E-state index contributed by atoms with van der Waals surface area (Å²) in [5.74, 6) is -2.01. The first kappa shape index (κ1) is 23.6. The highest BCUT2D eigenvalue weighted by Gasteiger charge is 2.72. The second kappa shape index (κ2) is 6.96. The molecule has 1 atom stereocenters. The maximum Gasteiger partial charge on any atom is 0.421 e. The Hall–Kier alpha value is -2.63. The van der Waals surface area contributed by atoms with E-state index in [0.29, 0.717) is 24.3 Å². The molecule has 0 amide bonds. The number of alkyl halides is 9. The Balaban J connectivity index is 2.98. The summed E-state index contributed by atoms with van der Waals surface area (Å²) in [6, 6.07) is 1.94. The topological polar surface area (TPSA) is 60.7 Å². The van der Waals surface area contributed by atoms with Gasteiger partial charge >= 0.3 is 18.5 Å². The minimum atomic E-state index is -6.11. The Bertz CT molecular complexity index is 896. The van der Waals surface area contributed by atoms with Crippen LogP contribution in [0.1, 0.15) is 23.6 Å². The van der Waals surface area contributed by atoms with Gasteiger partial charge in [0.1, 0.15) is 11.5 Å². The third-order valence-electron chi connectivity index (χ3n) is 4.66. The number of halogens is 9. The summed E-state index contributed by atoms with van der Waals surface area (Å²) < 4.78 is 123. The molecule has 3 nitrogen and oxygen atoms in total. The zero-order valence-corrected chi connectivity index (χ0v) is 14.8. The Kier molecular flexibility index (Phi) is 5.49. The zero-order valence-electron chi connectivity index (χ0n) is 14.8. The molecule has 0 aliphatic rings. The summed E-state index contributed by atoms with van der Waals surface area (Å²) in [6.45, 7) is 0.0786. The van der Waals surface area contributed by atoms with Crippen molar-refractivity contribution >= 4 is 0 Å². The van der Waals surface area contributed by atoms with Gasteiger partial charge in [-0.15, -0.1) is 0 Å². The van der Waals surface area contributed by atoms with Gasteiger partial charge in [0.15, 0.2) is 5.60 Å². The summed E-state index contributed by atoms with van der Waals surface area (Å²) in [7, 11) is 0. The fraction of sp³-hybridized carbons (Fsp3) is 0.333. The molecule has 0 heterocycles. The van der Waals surface area contributed by atoms with Crippen LogP contribution in [0.25, 0.3) is 0 Å². The number of phenols is 2. The van der Waals surface area contributed by atoms with Crippen LogP contribution in [-0.4, -0.2) is 33.8 Å². The molecule has 3 N–H and O–H groups in total. The minimum Gasteiger partial charge on any atom is -0.508 e. The molecule has 0 saturated heterocycles. The van der Waals surface area contributed by atoms with Crippen LogP contribution in [0.5, 0.6) is 11.5 Å². The summed E-state index contributed by atoms with van der Waals surface area (Å²) in [6.07, 6.45) is -17.7.